The second-order valence-electron chi connectivity index (χ2n) is 9.29. The second-order valence-corrected chi connectivity index (χ2v) is 9.29. The quantitative estimate of drug-likeness (QED) is 0.694. The summed E-state index contributed by atoms with van der Waals surface area (Å²) in [4.78, 5) is 27.3. The van der Waals surface area contributed by atoms with E-state index in [0.717, 1.165) is 57.7 Å². The summed E-state index contributed by atoms with van der Waals surface area (Å²) in [6.07, 6.45) is 11.6. The van der Waals surface area contributed by atoms with Crippen LogP contribution in [0.2, 0.25) is 0 Å². The number of phenols is 1. The van der Waals surface area contributed by atoms with Crippen LogP contribution >= 0.6 is 0 Å². The highest BCUT2D eigenvalue weighted by atomic mass is 16.5. The minimum atomic E-state index is 0.0277. The fraction of sp³-hybridized carbons (Fsp3) is 0.667. The van der Waals surface area contributed by atoms with Crippen LogP contribution in [0.25, 0.3) is 0 Å². The molecule has 4 rings (SSSR count). The molecule has 0 atom stereocenters. The highest BCUT2D eigenvalue weighted by molar-refractivity contribution is 6.00. The number of rotatable bonds is 6. The van der Waals surface area contributed by atoms with E-state index in [1.165, 1.54) is 18.9 Å². The lowest BCUT2D eigenvalue weighted by atomic mass is 9.81. The first-order chi connectivity index (χ1) is 14.0. The zero-order valence-corrected chi connectivity index (χ0v) is 17.4. The van der Waals surface area contributed by atoms with E-state index in [4.69, 9.17) is 4.74 Å². The van der Waals surface area contributed by atoms with Crippen LogP contribution in [-0.2, 0) is 9.53 Å². The van der Waals surface area contributed by atoms with Gasteiger partial charge in [0.2, 0.25) is 5.91 Å². The van der Waals surface area contributed by atoms with Crippen molar-refractivity contribution < 1.29 is 19.4 Å². The Kier molecular flexibility index (Phi) is 6.23. The Morgan fingerprint density at radius 2 is 1.62 bits per heavy atom. The number of hydrogen-bond donors (Lipinski definition) is 1. The molecule has 1 amide bonds. The van der Waals surface area contributed by atoms with Crippen molar-refractivity contribution in [3.63, 3.8) is 0 Å². The molecule has 0 aromatic heterocycles. The van der Waals surface area contributed by atoms with E-state index in [9.17, 15) is 14.7 Å². The van der Waals surface area contributed by atoms with Gasteiger partial charge in [-0.25, -0.2) is 0 Å². The summed E-state index contributed by atoms with van der Waals surface area (Å²) in [5.74, 6) is 0.912. The summed E-state index contributed by atoms with van der Waals surface area (Å²) >= 11 is 0. The lowest BCUT2D eigenvalue weighted by Gasteiger charge is -2.40. The molecule has 3 fully saturated rings. The van der Waals surface area contributed by atoms with Crippen molar-refractivity contribution in [1.82, 2.24) is 0 Å². The van der Waals surface area contributed by atoms with Crippen molar-refractivity contribution in [3.8, 4) is 5.75 Å². The lowest BCUT2D eigenvalue weighted by molar-refractivity contribution is -0.124. The number of amides is 1. The predicted molar refractivity (Wildman–Crippen MR) is 112 cm³/mol. The first-order valence-corrected chi connectivity index (χ1v) is 11.3. The zero-order chi connectivity index (χ0) is 20.4. The number of ether oxygens (including phenoxy) is 1. The van der Waals surface area contributed by atoms with Crippen LogP contribution < -0.4 is 4.90 Å². The van der Waals surface area contributed by atoms with E-state index in [-0.39, 0.29) is 23.6 Å². The van der Waals surface area contributed by atoms with Gasteiger partial charge in [-0.1, -0.05) is 6.92 Å². The molecule has 3 aliphatic rings. The summed E-state index contributed by atoms with van der Waals surface area (Å²) < 4.78 is 6.09. The van der Waals surface area contributed by atoms with Gasteiger partial charge in [-0.2, -0.15) is 0 Å². The Bertz CT molecular complexity index is 728. The molecule has 1 aromatic rings. The van der Waals surface area contributed by atoms with Crippen molar-refractivity contribution in [2.75, 3.05) is 4.90 Å². The molecule has 3 aliphatic carbocycles. The molecule has 0 bridgehead atoms. The molecule has 0 spiro atoms. The van der Waals surface area contributed by atoms with Gasteiger partial charge in [-0.05, 0) is 88.3 Å². The van der Waals surface area contributed by atoms with Crippen LogP contribution in [0.4, 0.5) is 5.69 Å². The number of carbonyl (C=O) groups is 2. The number of phenolic OH excluding ortho intramolecular Hbond substituents is 1. The van der Waals surface area contributed by atoms with Crippen molar-refractivity contribution in [2.24, 2.45) is 11.8 Å². The standard InChI is InChI=1S/C24H33NO4/c1-16-2-4-17(5-3-16)24(28)25(23-13-8-20(27)14-18(23)15-26)19-6-9-21(10-7-19)29-22-11-12-22/h8,13-17,19,21-22,27H,2-7,9-12H2,1H3. The zero-order valence-electron chi connectivity index (χ0n) is 17.4. The van der Waals surface area contributed by atoms with E-state index >= 15 is 0 Å². The lowest BCUT2D eigenvalue weighted by Crippen LogP contribution is -2.47. The largest absolute Gasteiger partial charge is 0.508 e. The van der Waals surface area contributed by atoms with E-state index in [1.807, 2.05) is 4.90 Å². The van der Waals surface area contributed by atoms with Gasteiger partial charge in [0.05, 0.1) is 17.9 Å². The fourth-order valence-corrected chi connectivity index (χ4v) is 4.97. The van der Waals surface area contributed by atoms with Crippen LogP contribution in [-0.4, -0.2) is 35.5 Å². The van der Waals surface area contributed by atoms with Crippen molar-refractivity contribution >= 4 is 17.9 Å². The molecule has 0 radical (unpaired) electrons. The maximum atomic E-state index is 13.6. The molecular weight excluding hydrogens is 366 g/mol. The molecule has 1 N–H and O–H groups in total. The molecule has 0 aliphatic heterocycles. The summed E-state index contributed by atoms with van der Waals surface area (Å²) in [6.45, 7) is 2.25. The van der Waals surface area contributed by atoms with Gasteiger partial charge in [0.1, 0.15) is 5.75 Å². The van der Waals surface area contributed by atoms with Gasteiger partial charge < -0.3 is 14.7 Å². The summed E-state index contributed by atoms with van der Waals surface area (Å²) in [5.41, 5.74) is 1.03. The number of benzene rings is 1. The minimum Gasteiger partial charge on any atom is -0.508 e. The SMILES string of the molecule is CC1CCC(C(=O)N(c2ccc(O)cc2C=O)C2CCC(OC3CC3)CC2)CC1. The van der Waals surface area contributed by atoms with Crippen molar-refractivity contribution in [3.05, 3.63) is 23.8 Å². The average molecular weight is 400 g/mol. The summed E-state index contributed by atoms with van der Waals surface area (Å²) in [5, 5.41) is 9.82. The number of aldehydes is 1. The molecule has 5 nitrogen and oxygen atoms in total. The molecular formula is C24H33NO4. The molecule has 5 heteroatoms. The number of carbonyl (C=O) groups excluding carboxylic acids is 2. The first kappa shape index (κ1) is 20.4. The topological polar surface area (TPSA) is 66.8 Å². The molecule has 0 saturated heterocycles. The normalized spacial score (nSPS) is 30.0. The monoisotopic (exact) mass is 399 g/mol. The van der Waals surface area contributed by atoms with E-state index < -0.39 is 0 Å². The van der Waals surface area contributed by atoms with Gasteiger partial charge >= 0.3 is 0 Å². The van der Waals surface area contributed by atoms with Gasteiger partial charge in [0.25, 0.3) is 0 Å². The van der Waals surface area contributed by atoms with Crippen LogP contribution in [0.3, 0.4) is 0 Å². The Balaban J connectivity index is 1.55. The first-order valence-electron chi connectivity index (χ1n) is 11.3. The van der Waals surface area contributed by atoms with Crippen LogP contribution in [0.1, 0.15) is 81.5 Å². The highest BCUT2D eigenvalue weighted by Gasteiger charge is 2.37. The maximum absolute atomic E-state index is 13.6. The Hall–Kier alpha value is -1.88. The Morgan fingerprint density at radius 1 is 1.00 bits per heavy atom. The van der Waals surface area contributed by atoms with E-state index in [0.29, 0.717) is 29.4 Å². The molecule has 3 saturated carbocycles. The van der Waals surface area contributed by atoms with Gasteiger partial charge in [0.15, 0.2) is 6.29 Å². The summed E-state index contributed by atoms with van der Waals surface area (Å²) in [6, 6.07) is 4.86. The predicted octanol–water partition coefficient (Wildman–Crippen LogP) is 4.85. The highest BCUT2D eigenvalue weighted by Crippen LogP contribution is 2.37. The van der Waals surface area contributed by atoms with Crippen LogP contribution in [0.5, 0.6) is 5.75 Å². The maximum Gasteiger partial charge on any atom is 0.230 e. The number of aromatic hydroxyl groups is 1. The van der Waals surface area contributed by atoms with Gasteiger partial charge in [-0.3, -0.25) is 9.59 Å². The van der Waals surface area contributed by atoms with Crippen molar-refractivity contribution in [1.29, 1.82) is 0 Å². The van der Waals surface area contributed by atoms with Gasteiger partial charge in [0, 0.05) is 17.5 Å². The van der Waals surface area contributed by atoms with Crippen LogP contribution in [0, 0.1) is 11.8 Å². The molecule has 29 heavy (non-hydrogen) atoms. The Morgan fingerprint density at radius 3 is 2.21 bits per heavy atom. The van der Waals surface area contributed by atoms with Crippen LogP contribution in [0.15, 0.2) is 18.2 Å². The number of anilines is 1. The number of nitrogens with zero attached hydrogens (tertiary/aromatic N) is 1. The fourth-order valence-electron chi connectivity index (χ4n) is 4.97. The third-order valence-corrected chi connectivity index (χ3v) is 6.92. The second kappa shape index (κ2) is 8.86. The molecule has 0 heterocycles. The molecule has 1 aromatic carbocycles. The third-order valence-electron chi connectivity index (χ3n) is 6.92. The molecule has 158 valence electrons. The average Bonchev–Trinajstić information content (AvgIpc) is 3.55. The molecule has 0 unspecified atom stereocenters. The third kappa shape index (κ3) is 4.82. The minimum absolute atomic E-state index is 0.0277. The van der Waals surface area contributed by atoms with Gasteiger partial charge in [-0.15, -0.1) is 0 Å². The summed E-state index contributed by atoms with van der Waals surface area (Å²) in [7, 11) is 0. The number of hydrogen-bond acceptors (Lipinski definition) is 4. The van der Waals surface area contributed by atoms with E-state index in [1.54, 1.807) is 12.1 Å². The van der Waals surface area contributed by atoms with Crippen molar-refractivity contribution in [2.45, 2.75) is 89.4 Å². The Labute approximate surface area is 173 Å². The van der Waals surface area contributed by atoms with E-state index in [2.05, 4.69) is 6.92 Å². The smallest absolute Gasteiger partial charge is 0.230 e.